The van der Waals surface area contributed by atoms with Gasteiger partial charge in [0.25, 0.3) is 0 Å². The number of carbonyl (C=O) groups is 1. The van der Waals surface area contributed by atoms with E-state index in [2.05, 4.69) is 15.5 Å². The summed E-state index contributed by atoms with van der Waals surface area (Å²) in [4.78, 5) is 15.1. The van der Waals surface area contributed by atoms with E-state index in [4.69, 9.17) is 4.42 Å². The summed E-state index contributed by atoms with van der Waals surface area (Å²) in [7, 11) is 3.62. The van der Waals surface area contributed by atoms with Crippen molar-refractivity contribution in [3.63, 3.8) is 0 Å². The van der Waals surface area contributed by atoms with Crippen LogP contribution in [0.15, 0.2) is 4.42 Å². The van der Waals surface area contributed by atoms with Crippen molar-refractivity contribution < 1.29 is 9.21 Å². The van der Waals surface area contributed by atoms with Crippen LogP contribution in [0.2, 0.25) is 0 Å². The maximum Gasteiger partial charge on any atom is 0.318 e. The Bertz CT molecular complexity index is 405. The second kappa shape index (κ2) is 4.70. The summed E-state index contributed by atoms with van der Waals surface area (Å²) in [6.45, 7) is 3.63. The van der Waals surface area contributed by atoms with E-state index in [1.807, 2.05) is 14.0 Å². The molecule has 1 aliphatic heterocycles. The topological polar surface area (TPSA) is 74.5 Å². The number of rotatable bonds is 3. The van der Waals surface area contributed by atoms with Gasteiger partial charge in [-0.05, 0) is 14.0 Å². The van der Waals surface area contributed by atoms with Crippen molar-refractivity contribution in [1.82, 2.24) is 20.4 Å². The van der Waals surface area contributed by atoms with Crippen molar-refractivity contribution in [3.8, 4) is 0 Å². The van der Waals surface area contributed by atoms with Gasteiger partial charge in [-0.1, -0.05) is 5.10 Å². The van der Waals surface area contributed by atoms with Crippen LogP contribution in [0.1, 0.15) is 18.9 Å². The average molecular weight is 239 g/mol. The van der Waals surface area contributed by atoms with Crippen molar-refractivity contribution in [1.29, 1.82) is 0 Å². The second-order valence-electron chi connectivity index (χ2n) is 4.17. The molecule has 0 aromatic carbocycles. The van der Waals surface area contributed by atoms with Crippen LogP contribution >= 0.6 is 0 Å². The summed E-state index contributed by atoms with van der Waals surface area (Å²) in [6.07, 6.45) is 0. The summed E-state index contributed by atoms with van der Waals surface area (Å²) < 4.78 is 5.53. The van der Waals surface area contributed by atoms with E-state index in [1.54, 1.807) is 16.8 Å². The average Bonchev–Trinajstić information content (AvgIpc) is 2.81. The highest BCUT2D eigenvalue weighted by Crippen LogP contribution is 2.18. The van der Waals surface area contributed by atoms with Gasteiger partial charge in [0.15, 0.2) is 0 Å². The standard InChI is InChI=1S/C10H17N5O2/c1-7(11-2)9-12-13-10(17-9)15-5-4-14(3)8(16)6-15/h7,11H,4-6H2,1-3H3. The summed E-state index contributed by atoms with van der Waals surface area (Å²) in [6, 6.07) is 0.433. The van der Waals surface area contributed by atoms with Crippen molar-refractivity contribution in [2.45, 2.75) is 13.0 Å². The highest BCUT2D eigenvalue weighted by Gasteiger charge is 2.25. The molecule has 1 amide bonds. The van der Waals surface area contributed by atoms with Crippen LogP contribution in [-0.4, -0.2) is 54.7 Å². The molecule has 0 bridgehead atoms. The third-order valence-corrected chi connectivity index (χ3v) is 2.96. The Hall–Kier alpha value is -1.63. The molecule has 0 saturated carbocycles. The minimum absolute atomic E-state index is 0.0133. The molecule has 1 atom stereocenters. The van der Waals surface area contributed by atoms with Gasteiger partial charge in [-0.15, -0.1) is 5.10 Å². The number of anilines is 1. The SMILES string of the molecule is CNC(C)c1nnc(N2CCN(C)C(=O)C2)o1. The number of nitrogens with one attached hydrogen (secondary N) is 1. The molecule has 0 spiro atoms. The lowest BCUT2D eigenvalue weighted by Crippen LogP contribution is -2.48. The van der Waals surface area contributed by atoms with E-state index in [0.29, 0.717) is 25.0 Å². The third kappa shape index (κ3) is 2.38. The fraction of sp³-hybridized carbons (Fsp3) is 0.700. The first-order valence-corrected chi connectivity index (χ1v) is 5.61. The Balaban J connectivity index is 2.08. The van der Waals surface area contributed by atoms with E-state index in [0.717, 1.165) is 6.54 Å². The number of aromatic nitrogens is 2. The van der Waals surface area contributed by atoms with Gasteiger partial charge in [-0.3, -0.25) is 4.79 Å². The zero-order valence-corrected chi connectivity index (χ0v) is 10.3. The van der Waals surface area contributed by atoms with Gasteiger partial charge in [0.2, 0.25) is 11.8 Å². The molecule has 1 N–H and O–H groups in total. The number of hydrogen-bond acceptors (Lipinski definition) is 6. The van der Waals surface area contributed by atoms with Crippen LogP contribution in [0.4, 0.5) is 6.01 Å². The smallest absolute Gasteiger partial charge is 0.318 e. The highest BCUT2D eigenvalue weighted by atomic mass is 16.4. The van der Waals surface area contributed by atoms with Crippen LogP contribution < -0.4 is 10.2 Å². The van der Waals surface area contributed by atoms with Crippen LogP contribution in [0.3, 0.4) is 0 Å². The molecule has 17 heavy (non-hydrogen) atoms. The molecule has 1 saturated heterocycles. The van der Waals surface area contributed by atoms with Crippen LogP contribution in [0.5, 0.6) is 0 Å². The highest BCUT2D eigenvalue weighted by molar-refractivity contribution is 5.81. The summed E-state index contributed by atoms with van der Waals surface area (Å²) in [5.74, 6) is 0.603. The van der Waals surface area contributed by atoms with E-state index in [1.165, 1.54) is 0 Å². The van der Waals surface area contributed by atoms with Gasteiger partial charge in [-0.25, -0.2) is 0 Å². The molecule has 7 nitrogen and oxygen atoms in total. The Morgan fingerprint density at radius 1 is 1.41 bits per heavy atom. The molecule has 0 radical (unpaired) electrons. The molecule has 94 valence electrons. The van der Waals surface area contributed by atoms with Crippen LogP contribution in [0.25, 0.3) is 0 Å². The summed E-state index contributed by atoms with van der Waals surface area (Å²) in [5, 5.41) is 11.0. The number of likely N-dealkylation sites (N-methyl/N-ethyl adjacent to an activating group) is 1. The molecule has 2 heterocycles. The molecule has 1 aromatic rings. The third-order valence-electron chi connectivity index (χ3n) is 2.96. The largest absolute Gasteiger partial charge is 0.406 e. The predicted molar refractivity (Wildman–Crippen MR) is 61.6 cm³/mol. The lowest BCUT2D eigenvalue weighted by atomic mass is 10.3. The lowest BCUT2D eigenvalue weighted by Gasteiger charge is -2.30. The van der Waals surface area contributed by atoms with Crippen LogP contribution in [-0.2, 0) is 4.79 Å². The zero-order valence-electron chi connectivity index (χ0n) is 10.3. The van der Waals surface area contributed by atoms with Gasteiger partial charge < -0.3 is 19.5 Å². The number of nitrogens with zero attached hydrogens (tertiary/aromatic N) is 4. The van der Waals surface area contributed by atoms with E-state index < -0.39 is 0 Å². The second-order valence-corrected chi connectivity index (χ2v) is 4.17. The molecule has 1 aliphatic rings. The van der Waals surface area contributed by atoms with Crippen molar-refractivity contribution in [2.24, 2.45) is 0 Å². The minimum atomic E-state index is 0.0133. The predicted octanol–water partition coefficient (Wildman–Crippen LogP) is -0.372. The van der Waals surface area contributed by atoms with Gasteiger partial charge in [0.1, 0.15) is 6.54 Å². The Morgan fingerprint density at radius 3 is 2.82 bits per heavy atom. The van der Waals surface area contributed by atoms with E-state index in [9.17, 15) is 4.79 Å². The van der Waals surface area contributed by atoms with E-state index in [-0.39, 0.29) is 11.9 Å². The number of amides is 1. The molecule has 1 fully saturated rings. The molecular weight excluding hydrogens is 222 g/mol. The molecule has 1 unspecified atom stereocenters. The fourth-order valence-electron chi connectivity index (χ4n) is 1.57. The quantitative estimate of drug-likeness (QED) is 0.775. The van der Waals surface area contributed by atoms with Gasteiger partial charge in [0, 0.05) is 20.1 Å². The van der Waals surface area contributed by atoms with Crippen molar-refractivity contribution >= 4 is 11.9 Å². The van der Waals surface area contributed by atoms with Crippen molar-refractivity contribution in [2.75, 3.05) is 38.6 Å². The molecule has 0 aliphatic carbocycles. The fourth-order valence-corrected chi connectivity index (χ4v) is 1.57. The van der Waals surface area contributed by atoms with Crippen LogP contribution in [0, 0.1) is 0 Å². The first kappa shape index (κ1) is 11.8. The maximum absolute atomic E-state index is 11.6. The normalized spacial score (nSPS) is 18.6. The van der Waals surface area contributed by atoms with E-state index >= 15 is 0 Å². The molecule has 7 heteroatoms. The molecule has 2 rings (SSSR count). The summed E-state index contributed by atoms with van der Waals surface area (Å²) in [5.41, 5.74) is 0. The van der Waals surface area contributed by atoms with Crippen molar-refractivity contribution in [3.05, 3.63) is 5.89 Å². The maximum atomic E-state index is 11.6. The lowest BCUT2D eigenvalue weighted by molar-refractivity contribution is -0.129. The Kier molecular flexibility index (Phi) is 3.28. The first-order chi connectivity index (χ1) is 8.11. The minimum Gasteiger partial charge on any atom is -0.406 e. The molecule has 1 aromatic heterocycles. The summed E-state index contributed by atoms with van der Waals surface area (Å²) >= 11 is 0. The number of hydrogen-bond donors (Lipinski definition) is 1. The molecular formula is C10H17N5O2. The van der Waals surface area contributed by atoms with Gasteiger partial charge >= 0.3 is 6.01 Å². The zero-order chi connectivity index (χ0) is 12.4. The Labute approximate surface area is 99.8 Å². The van der Waals surface area contributed by atoms with Gasteiger partial charge in [0.05, 0.1) is 6.04 Å². The number of piperazine rings is 1. The Morgan fingerprint density at radius 2 is 2.18 bits per heavy atom. The monoisotopic (exact) mass is 239 g/mol. The number of carbonyl (C=O) groups excluding carboxylic acids is 1. The first-order valence-electron chi connectivity index (χ1n) is 5.61. The van der Waals surface area contributed by atoms with Gasteiger partial charge in [-0.2, -0.15) is 0 Å².